The van der Waals surface area contributed by atoms with Gasteiger partial charge in [-0.05, 0) is 93.1 Å². The molecule has 3 aromatic rings. The van der Waals surface area contributed by atoms with Crippen molar-refractivity contribution in [1.82, 2.24) is 5.53 Å². The second-order valence-corrected chi connectivity index (χ2v) is 10.3. The standard InChI is InChI=1S/C33H43N3O6/c1-6-42-32(38)18-12-26-11-16-30-33(23(26)2)36(27-13-17-31(40-5)29(21-27)24(3)37)34-35(30)19-7-8-20-41-22-25-9-14-28(39-4)15-10-25/h9-11,13-17,21,24,34,37H,6-8,12,18-20,22H2,1-5H3/t24-/m1/s1. The molecule has 2 N–H and O–H groups in total. The molecule has 0 spiro atoms. The fourth-order valence-electron chi connectivity index (χ4n) is 5.12. The van der Waals surface area contributed by atoms with E-state index in [1.807, 2.05) is 54.4 Å². The van der Waals surface area contributed by atoms with Crippen LogP contribution in [0.2, 0.25) is 0 Å². The first-order valence-corrected chi connectivity index (χ1v) is 14.5. The summed E-state index contributed by atoms with van der Waals surface area (Å²) in [5.74, 6) is 1.28. The molecule has 9 heteroatoms. The predicted octanol–water partition coefficient (Wildman–Crippen LogP) is 5.94. The van der Waals surface area contributed by atoms with Crippen LogP contribution >= 0.6 is 0 Å². The molecule has 1 heterocycles. The van der Waals surface area contributed by atoms with Crippen molar-refractivity contribution >= 4 is 23.0 Å². The summed E-state index contributed by atoms with van der Waals surface area (Å²) in [6, 6.07) is 17.9. The van der Waals surface area contributed by atoms with E-state index < -0.39 is 6.10 Å². The molecule has 0 unspecified atom stereocenters. The summed E-state index contributed by atoms with van der Waals surface area (Å²) in [4.78, 5) is 12.1. The molecule has 9 nitrogen and oxygen atoms in total. The van der Waals surface area contributed by atoms with E-state index in [2.05, 4.69) is 29.6 Å². The SMILES string of the molecule is CCOC(=O)CCc1ccc2c(c1C)N(c1ccc(OC)c([C@@H](C)O)c1)NN2CCCCOCc1ccc(OC)cc1. The first-order valence-electron chi connectivity index (χ1n) is 14.5. The van der Waals surface area contributed by atoms with Gasteiger partial charge in [-0.3, -0.25) is 14.8 Å². The minimum Gasteiger partial charge on any atom is -0.497 e. The number of aliphatic hydroxyl groups is 1. The molecule has 3 aromatic carbocycles. The number of aryl methyl sites for hydroxylation is 1. The van der Waals surface area contributed by atoms with Gasteiger partial charge in [0.1, 0.15) is 11.5 Å². The van der Waals surface area contributed by atoms with Crippen LogP contribution in [0.5, 0.6) is 11.5 Å². The number of hydrogen-bond donors (Lipinski definition) is 2. The highest BCUT2D eigenvalue weighted by Crippen LogP contribution is 2.43. The lowest BCUT2D eigenvalue weighted by Gasteiger charge is -2.25. The Morgan fingerprint density at radius 2 is 1.81 bits per heavy atom. The van der Waals surface area contributed by atoms with E-state index in [1.54, 1.807) is 21.1 Å². The van der Waals surface area contributed by atoms with Gasteiger partial charge in [0.05, 0.1) is 50.6 Å². The molecule has 4 rings (SSSR count). The van der Waals surface area contributed by atoms with Crippen LogP contribution in [0.15, 0.2) is 54.6 Å². The van der Waals surface area contributed by atoms with Crippen molar-refractivity contribution in [2.75, 3.05) is 44.0 Å². The molecule has 0 aliphatic carbocycles. The maximum absolute atomic E-state index is 12.1. The number of unbranched alkanes of at least 4 members (excludes halogenated alkanes) is 1. The Kier molecular flexibility index (Phi) is 11.1. The molecule has 226 valence electrons. The fourth-order valence-corrected chi connectivity index (χ4v) is 5.12. The second kappa shape index (κ2) is 14.9. The van der Waals surface area contributed by atoms with E-state index in [9.17, 15) is 9.90 Å². The number of ether oxygens (including phenoxy) is 4. The van der Waals surface area contributed by atoms with Crippen LogP contribution < -0.4 is 25.0 Å². The largest absolute Gasteiger partial charge is 0.497 e. The first kappa shape index (κ1) is 31.2. The van der Waals surface area contributed by atoms with Gasteiger partial charge >= 0.3 is 5.97 Å². The second-order valence-electron chi connectivity index (χ2n) is 10.3. The zero-order valence-corrected chi connectivity index (χ0v) is 25.3. The van der Waals surface area contributed by atoms with Crippen molar-refractivity contribution in [1.29, 1.82) is 0 Å². The highest BCUT2D eigenvalue weighted by molar-refractivity contribution is 5.84. The minimum atomic E-state index is -0.687. The number of rotatable bonds is 15. The Morgan fingerprint density at radius 3 is 2.50 bits per heavy atom. The lowest BCUT2D eigenvalue weighted by Crippen LogP contribution is -2.42. The van der Waals surface area contributed by atoms with E-state index >= 15 is 0 Å². The number of fused-ring (bicyclic) bond motifs is 1. The Balaban J connectivity index is 1.47. The molecule has 0 amide bonds. The number of carbonyl (C=O) groups excluding carboxylic acids is 1. The van der Waals surface area contributed by atoms with Gasteiger partial charge in [0.2, 0.25) is 0 Å². The van der Waals surface area contributed by atoms with Crippen molar-refractivity contribution in [3.05, 3.63) is 76.9 Å². The smallest absolute Gasteiger partial charge is 0.306 e. The van der Waals surface area contributed by atoms with Crippen LogP contribution in [0.1, 0.15) is 61.5 Å². The van der Waals surface area contributed by atoms with E-state index in [4.69, 9.17) is 18.9 Å². The third kappa shape index (κ3) is 7.53. The fraction of sp³-hybridized carbons (Fsp3) is 0.424. The van der Waals surface area contributed by atoms with Gasteiger partial charge in [0, 0.05) is 25.1 Å². The summed E-state index contributed by atoms with van der Waals surface area (Å²) in [6.07, 6.45) is 2.07. The number of nitrogens with zero attached hydrogens (tertiary/aromatic N) is 2. The molecule has 1 atom stereocenters. The average molecular weight is 578 g/mol. The summed E-state index contributed by atoms with van der Waals surface area (Å²) < 4.78 is 21.8. The van der Waals surface area contributed by atoms with Crippen LogP contribution in [0, 0.1) is 6.92 Å². The molecule has 1 aliphatic rings. The topological polar surface area (TPSA) is 92.7 Å². The number of methoxy groups -OCH3 is 2. The van der Waals surface area contributed by atoms with Crippen molar-refractivity contribution in [3.8, 4) is 11.5 Å². The number of esters is 1. The number of benzene rings is 3. The van der Waals surface area contributed by atoms with E-state index in [-0.39, 0.29) is 5.97 Å². The molecular weight excluding hydrogens is 534 g/mol. The Bertz CT molecular complexity index is 1330. The lowest BCUT2D eigenvalue weighted by molar-refractivity contribution is -0.143. The minimum absolute atomic E-state index is 0.194. The molecule has 0 saturated heterocycles. The van der Waals surface area contributed by atoms with Crippen LogP contribution in [-0.2, 0) is 27.3 Å². The van der Waals surface area contributed by atoms with Crippen LogP contribution in [0.25, 0.3) is 0 Å². The normalized spacial score (nSPS) is 13.2. The van der Waals surface area contributed by atoms with Gasteiger partial charge in [0.15, 0.2) is 0 Å². The molecular formula is C33H43N3O6. The molecule has 0 saturated carbocycles. The van der Waals surface area contributed by atoms with E-state index in [1.165, 1.54) is 0 Å². The number of nitrogens with one attached hydrogen (secondary N) is 1. The molecule has 0 fully saturated rings. The van der Waals surface area contributed by atoms with Crippen LogP contribution in [-0.4, -0.2) is 45.1 Å². The number of carbonyl (C=O) groups is 1. The monoisotopic (exact) mass is 577 g/mol. The number of aliphatic hydroxyl groups excluding tert-OH is 1. The number of hydrogen-bond acceptors (Lipinski definition) is 9. The van der Waals surface area contributed by atoms with Gasteiger partial charge in [-0.2, -0.15) is 0 Å². The summed E-state index contributed by atoms with van der Waals surface area (Å²) in [5, 5.41) is 14.6. The Hall–Kier alpha value is -3.79. The molecule has 0 radical (unpaired) electrons. The average Bonchev–Trinajstić information content (AvgIpc) is 3.37. The van der Waals surface area contributed by atoms with Crippen molar-refractivity contribution < 1.29 is 28.8 Å². The van der Waals surface area contributed by atoms with Gasteiger partial charge in [-0.25, -0.2) is 0 Å². The number of anilines is 3. The zero-order chi connectivity index (χ0) is 30.1. The van der Waals surface area contributed by atoms with Crippen molar-refractivity contribution in [2.45, 2.75) is 59.2 Å². The first-order chi connectivity index (χ1) is 20.4. The van der Waals surface area contributed by atoms with E-state index in [0.717, 1.165) is 58.9 Å². The molecule has 0 bridgehead atoms. The summed E-state index contributed by atoms with van der Waals surface area (Å²) in [7, 11) is 3.27. The van der Waals surface area contributed by atoms with Gasteiger partial charge < -0.3 is 24.1 Å². The third-order valence-electron chi connectivity index (χ3n) is 7.43. The lowest BCUT2D eigenvalue weighted by atomic mass is 10.00. The molecule has 1 aliphatic heterocycles. The predicted molar refractivity (Wildman–Crippen MR) is 164 cm³/mol. The summed E-state index contributed by atoms with van der Waals surface area (Å²) in [6.45, 7) is 8.02. The van der Waals surface area contributed by atoms with Crippen molar-refractivity contribution in [3.63, 3.8) is 0 Å². The number of hydrazine groups is 2. The maximum atomic E-state index is 12.1. The highest BCUT2D eigenvalue weighted by Gasteiger charge is 2.30. The molecule has 0 aromatic heterocycles. The summed E-state index contributed by atoms with van der Waals surface area (Å²) in [5.41, 5.74) is 10.5. The van der Waals surface area contributed by atoms with Gasteiger partial charge in [-0.15, -0.1) is 5.53 Å². The van der Waals surface area contributed by atoms with E-state index in [0.29, 0.717) is 44.0 Å². The van der Waals surface area contributed by atoms with Gasteiger partial charge in [-0.1, -0.05) is 18.2 Å². The van der Waals surface area contributed by atoms with Crippen LogP contribution in [0.4, 0.5) is 17.1 Å². The Morgan fingerprint density at radius 1 is 1.02 bits per heavy atom. The summed E-state index contributed by atoms with van der Waals surface area (Å²) >= 11 is 0. The quantitative estimate of drug-likeness (QED) is 0.168. The molecule has 42 heavy (non-hydrogen) atoms. The third-order valence-corrected chi connectivity index (χ3v) is 7.43. The Labute approximate surface area is 248 Å². The van der Waals surface area contributed by atoms with Gasteiger partial charge in [0.25, 0.3) is 0 Å². The van der Waals surface area contributed by atoms with Crippen LogP contribution in [0.3, 0.4) is 0 Å². The van der Waals surface area contributed by atoms with Crippen molar-refractivity contribution in [2.24, 2.45) is 0 Å². The maximum Gasteiger partial charge on any atom is 0.306 e. The highest BCUT2D eigenvalue weighted by atomic mass is 16.5. The zero-order valence-electron chi connectivity index (χ0n) is 25.3.